The summed E-state index contributed by atoms with van der Waals surface area (Å²) in [5.74, 6) is 0. The summed E-state index contributed by atoms with van der Waals surface area (Å²) in [5, 5.41) is 0. The standard InChI is InChI=1S/C26H39F3N2/c1-7-9-11-12-13-18-25(6,17-10-8-2)22-23(26(27,28)29)30-20-16-14-15-19(21(20)31-22)24(3,4)5/h14-16H,7-13,17-18H2,1-6H3. The van der Waals surface area contributed by atoms with E-state index >= 15 is 0 Å². The lowest BCUT2D eigenvalue weighted by molar-refractivity contribution is -0.142. The van der Waals surface area contributed by atoms with Crippen LogP contribution in [0.2, 0.25) is 0 Å². The van der Waals surface area contributed by atoms with E-state index in [2.05, 4.69) is 39.6 Å². The van der Waals surface area contributed by atoms with Crippen molar-refractivity contribution in [3.8, 4) is 0 Å². The topological polar surface area (TPSA) is 25.8 Å². The molecular weight excluding hydrogens is 397 g/mol. The highest BCUT2D eigenvalue weighted by Gasteiger charge is 2.42. The number of hydrogen-bond donors (Lipinski definition) is 0. The molecule has 1 aromatic carbocycles. The molecule has 1 aromatic heterocycles. The van der Waals surface area contributed by atoms with Gasteiger partial charge in [-0.1, -0.05) is 98.6 Å². The zero-order chi connectivity index (χ0) is 23.3. The van der Waals surface area contributed by atoms with Gasteiger partial charge in [-0.15, -0.1) is 0 Å². The molecule has 0 saturated carbocycles. The molecule has 0 aliphatic carbocycles. The smallest absolute Gasteiger partial charge is 0.248 e. The Kier molecular flexibility index (Phi) is 8.52. The number of hydrogen-bond acceptors (Lipinski definition) is 2. The second-order valence-corrected chi connectivity index (χ2v) is 10.2. The van der Waals surface area contributed by atoms with Crippen LogP contribution in [0.25, 0.3) is 11.0 Å². The fourth-order valence-electron chi connectivity index (χ4n) is 4.35. The third kappa shape index (κ3) is 6.43. The fraction of sp³-hybridized carbons (Fsp3) is 0.692. The number of rotatable bonds is 10. The lowest BCUT2D eigenvalue weighted by Gasteiger charge is -2.32. The molecule has 0 bridgehead atoms. The highest BCUT2D eigenvalue weighted by atomic mass is 19.4. The van der Waals surface area contributed by atoms with Crippen LogP contribution in [-0.4, -0.2) is 9.97 Å². The normalized spacial score (nSPS) is 14.7. The van der Waals surface area contributed by atoms with Gasteiger partial charge in [-0.25, -0.2) is 9.97 Å². The fourth-order valence-corrected chi connectivity index (χ4v) is 4.35. The molecule has 2 rings (SSSR count). The molecule has 0 aliphatic heterocycles. The van der Waals surface area contributed by atoms with E-state index in [1.807, 2.05) is 13.0 Å². The van der Waals surface area contributed by atoms with Gasteiger partial charge in [0.25, 0.3) is 0 Å². The van der Waals surface area contributed by atoms with Crippen LogP contribution in [-0.2, 0) is 17.0 Å². The molecule has 2 nitrogen and oxygen atoms in total. The van der Waals surface area contributed by atoms with E-state index < -0.39 is 17.3 Å². The molecule has 31 heavy (non-hydrogen) atoms. The van der Waals surface area contributed by atoms with Gasteiger partial charge in [0.1, 0.15) is 0 Å². The molecule has 0 saturated heterocycles. The number of nitrogens with zero attached hydrogens (tertiary/aromatic N) is 2. The summed E-state index contributed by atoms with van der Waals surface area (Å²) in [6.45, 7) is 12.4. The molecule has 1 atom stereocenters. The van der Waals surface area contributed by atoms with Crippen LogP contribution in [0.15, 0.2) is 18.2 Å². The first-order valence-corrected chi connectivity index (χ1v) is 11.8. The van der Waals surface area contributed by atoms with Gasteiger partial charge in [-0.05, 0) is 29.9 Å². The summed E-state index contributed by atoms with van der Waals surface area (Å²) in [5.41, 5.74) is 0.320. The Bertz CT molecular complexity index is 852. The Balaban J connectivity index is 2.64. The number of aromatic nitrogens is 2. The average molecular weight is 437 g/mol. The van der Waals surface area contributed by atoms with Crippen molar-refractivity contribution >= 4 is 11.0 Å². The number of alkyl halides is 3. The van der Waals surface area contributed by atoms with E-state index in [1.54, 1.807) is 12.1 Å². The summed E-state index contributed by atoms with van der Waals surface area (Å²) in [6, 6.07) is 5.38. The van der Waals surface area contributed by atoms with Gasteiger partial charge in [0.05, 0.1) is 16.7 Å². The predicted molar refractivity (Wildman–Crippen MR) is 123 cm³/mol. The quantitative estimate of drug-likeness (QED) is 0.348. The van der Waals surface area contributed by atoms with Crippen molar-refractivity contribution in [2.45, 2.75) is 116 Å². The highest BCUT2D eigenvalue weighted by Crippen LogP contribution is 2.42. The first kappa shape index (κ1) is 25.6. The van der Waals surface area contributed by atoms with E-state index in [0.29, 0.717) is 23.9 Å². The summed E-state index contributed by atoms with van der Waals surface area (Å²) in [7, 11) is 0. The second-order valence-electron chi connectivity index (χ2n) is 10.2. The molecule has 2 aromatic rings. The highest BCUT2D eigenvalue weighted by molar-refractivity contribution is 5.79. The van der Waals surface area contributed by atoms with Gasteiger partial charge in [-0.3, -0.25) is 0 Å². The first-order chi connectivity index (χ1) is 14.4. The number of halogens is 3. The van der Waals surface area contributed by atoms with Crippen molar-refractivity contribution < 1.29 is 13.2 Å². The summed E-state index contributed by atoms with van der Waals surface area (Å²) in [6.07, 6.45) is 4.11. The largest absolute Gasteiger partial charge is 0.435 e. The van der Waals surface area contributed by atoms with Crippen LogP contribution in [0.3, 0.4) is 0 Å². The monoisotopic (exact) mass is 436 g/mol. The maximum Gasteiger partial charge on any atom is 0.435 e. The SMILES string of the molecule is CCCCCCCC(C)(CCCC)c1nc2c(C(C)(C)C)cccc2nc1C(F)(F)F. The van der Waals surface area contributed by atoms with Crippen molar-refractivity contribution in [1.82, 2.24) is 9.97 Å². The van der Waals surface area contributed by atoms with Crippen LogP contribution >= 0.6 is 0 Å². The Morgan fingerprint density at radius 1 is 0.742 bits per heavy atom. The van der Waals surface area contributed by atoms with Crippen molar-refractivity contribution in [3.05, 3.63) is 35.2 Å². The third-order valence-corrected chi connectivity index (χ3v) is 6.26. The minimum atomic E-state index is -4.52. The molecule has 1 heterocycles. The maximum absolute atomic E-state index is 14.1. The zero-order valence-electron chi connectivity index (χ0n) is 20.1. The van der Waals surface area contributed by atoms with Crippen LogP contribution in [0.4, 0.5) is 13.2 Å². The van der Waals surface area contributed by atoms with E-state index in [1.165, 1.54) is 6.42 Å². The van der Waals surface area contributed by atoms with Gasteiger partial charge in [0.15, 0.2) is 5.69 Å². The summed E-state index contributed by atoms with van der Waals surface area (Å²) < 4.78 is 42.4. The third-order valence-electron chi connectivity index (χ3n) is 6.26. The second kappa shape index (κ2) is 10.3. The van der Waals surface area contributed by atoms with E-state index in [0.717, 1.165) is 44.1 Å². The van der Waals surface area contributed by atoms with Crippen molar-refractivity contribution in [2.75, 3.05) is 0 Å². The minimum Gasteiger partial charge on any atom is -0.248 e. The molecular formula is C26H39F3N2. The van der Waals surface area contributed by atoms with Gasteiger partial charge < -0.3 is 0 Å². The molecule has 0 radical (unpaired) electrons. The summed E-state index contributed by atoms with van der Waals surface area (Å²) in [4.78, 5) is 8.93. The lowest BCUT2D eigenvalue weighted by Crippen LogP contribution is -2.29. The molecule has 174 valence electrons. The molecule has 5 heteroatoms. The van der Waals surface area contributed by atoms with Crippen LogP contribution < -0.4 is 0 Å². The molecule has 0 N–H and O–H groups in total. The molecule has 0 spiro atoms. The Morgan fingerprint density at radius 2 is 1.35 bits per heavy atom. The van der Waals surface area contributed by atoms with Crippen LogP contribution in [0.1, 0.15) is 116 Å². The maximum atomic E-state index is 14.1. The predicted octanol–water partition coefficient (Wildman–Crippen LogP) is 8.75. The van der Waals surface area contributed by atoms with Crippen molar-refractivity contribution in [1.29, 1.82) is 0 Å². The van der Waals surface area contributed by atoms with Crippen molar-refractivity contribution in [2.24, 2.45) is 0 Å². The number of benzene rings is 1. The molecule has 0 aliphatic rings. The van der Waals surface area contributed by atoms with Crippen molar-refractivity contribution in [3.63, 3.8) is 0 Å². The van der Waals surface area contributed by atoms with Gasteiger partial charge in [-0.2, -0.15) is 13.2 Å². The van der Waals surface area contributed by atoms with Gasteiger partial charge in [0, 0.05) is 5.41 Å². The molecule has 0 amide bonds. The zero-order valence-corrected chi connectivity index (χ0v) is 20.1. The Morgan fingerprint density at radius 3 is 1.94 bits per heavy atom. The average Bonchev–Trinajstić information content (AvgIpc) is 2.69. The summed E-state index contributed by atoms with van der Waals surface area (Å²) >= 11 is 0. The van der Waals surface area contributed by atoms with E-state index in [4.69, 9.17) is 4.98 Å². The minimum absolute atomic E-state index is 0.133. The number of fused-ring (bicyclic) bond motifs is 1. The van der Waals surface area contributed by atoms with Gasteiger partial charge in [0.2, 0.25) is 0 Å². The number of unbranched alkanes of at least 4 members (excludes halogenated alkanes) is 5. The van der Waals surface area contributed by atoms with Gasteiger partial charge >= 0.3 is 6.18 Å². The van der Waals surface area contributed by atoms with E-state index in [-0.39, 0.29) is 11.1 Å². The lowest BCUT2D eigenvalue weighted by atomic mass is 9.75. The first-order valence-electron chi connectivity index (χ1n) is 11.8. The Labute approximate surface area is 186 Å². The van der Waals surface area contributed by atoms with Crippen LogP contribution in [0.5, 0.6) is 0 Å². The molecule has 1 unspecified atom stereocenters. The van der Waals surface area contributed by atoms with E-state index in [9.17, 15) is 13.2 Å². The molecule has 0 fully saturated rings. The number of para-hydroxylation sites is 1. The van der Waals surface area contributed by atoms with Crippen LogP contribution in [0, 0.1) is 0 Å². The Hall–Kier alpha value is -1.65.